The van der Waals surface area contributed by atoms with E-state index in [0.717, 1.165) is 0 Å². The Morgan fingerprint density at radius 2 is 1.34 bits per heavy atom. The van der Waals surface area contributed by atoms with E-state index in [2.05, 4.69) is 0 Å². The minimum absolute atomic E-state index is 0.131. The number of ether oxygens (including phenoxy) is 3. The predicted octanol–water partition coefficient (Wildman–Crippen LogP) is 3.83. The summed E-state index contributed by atoms with van der Waals surface area (Å²) >= 11 is 0. The van der Waals surface area contributed by atoms with Crippen molar-refractivity contribution in [1.82, 2.24) is 4.90 Å². The molecule has 2 aromatic carbocycles. The lowest BCUT2D eigenvalue weighted by Crippen LogP contribution is -2.32. The van der Waals surface area contributed by atoms with E-state index in [1.54, 1.807) is 68.4 Å². The highest BCUT2D eigenvalue weighted by molar-refractivity contribution is 6.02. The van der Waals surface area contributed by atoms with Crippen molar-refractivity contribution in [2.24, 2.45) is 0 Å². The summed E-state index contributed by atoms with van der Waals surface area (Å²) in [6, 6.07) is 15.7. The van der Waals surface area contributed by atoms with Crippen LogP contribution in [0.3, 0.4) is 0 Å². The Kier molecular flexibility index (Phi) is 7.44. The molecule has 0 unspecified atom stereocenters. The van der Waals surface area contributed by atoms with Crippen LogP contribution in [-0.4, -0.2) is 43.1 Å². The highest BCUT2D eigenvalue weighted by Gasteiger charge is 2.38. The maximum absolute atomic E-state index is 13.1. The van der Waals surface area contributed by atoms with Crippen LogP contribution in [0, 0.1) is 0 Å². The van der Waals surface area contributed by atoms with Gasteiger partial charge in [-0.1, -0.05) is 36.4 Å². The van der Waals surface area contributed by atoms with Crippen LogP contribution in [0.25, 0.3) is 0 Å². The zero-order valence-corrected chi connectivity index (χ0v) is 18.2. The molecule has 1 aliphatic rings. The lowest BCUT2D eigenvalue weighted by molar-refractivity contribution is -0.139. The molecule has 32 heavy (non-hydrogen) atoms. The van der Waals surface area contributed by atoms with Crippen LogP contribution in [0.15, 0.2) is 78.1 Å². The molecule has 7 heteroatoms. The SMILES string of the molecule is CCOC(=O)C1=CN(C(=O)c2ccccc2)C=C(C(=O)OCC)C1c1ccccc1OC. The van der Waals surface area contributed by atoms with Gasteiger partial charge < -0.3 is 14.2 Å². The van der Waals surface area contributed by atoms with Gasteiger partial charge in [-0.3, -0.25) is 9.69 Å². The smallest absolute Gasteiger partial charge is 0.336 e. The third kappa shape index (κ3) is 4.72. The zero-order chi connectivity index (χ0) is 23.1. The van der Waals surface area contributed by atoms with Crippen LogP contribution in [-0.2, 0) is 19.1 Å². The number of benzene rings is 2. The average Bonchev–Trinajstić information content (AvgIpc) is 2.83. The number of carbonyl (C=O) groups excluding carboxylic acids is 3. The number of nitrogens with zero attached hydrogens (tertiary/aromatic N) is 1. The molecule has 0 aromatic heterocycles. The highest BCUT2D eigenvalue weighted by Crippen LogP contribution is 2.41. The number of carbonyl (C=O) groups is 3. The summed E-state index contributed by atoms with van der Waals surface area (Å²) in [6.45, 7) is 3.66. The molecule has 0 radical (unpaired) electrons. The Balaban J connectivity index is 2.18. The first-order chi connectivity index (χ1) is 15.5. The summed E-state index contributed by atoms with van der Waals surface area (Å²) in [7, 11) is 1.51. The quantitative estimate of drug-likeness (QED) is 0.615. The molecule has 0 aliphatic carbocycles. The Morgan fingerprint density at radius 3 is 1.88 bits per heavy atom. The first kappa shape index (κ1) is 22.8. The molecule has 0 saturated carbocycles. The third-order valence-electron chi connectivity index (χ3n) is 4.91. The minimum Gasteiger partial charge on any atom is -0.496 e. The molecule has 1 heterocycles. The Bertz CT molecular complexity index is 1020. The Morgan fingerprint density at radius 1 is 0.812 bits per heavy atom. The lowest BCUT2D eigenvalue weighted by atomic mass is 9.82. The summed E-state index contributed by atoms with van der Waals surface area (Å²) in [6.07, 6.45) is 2.82. The molecule has 0 spiro atoms. The van der Waals surface area contributed by atoms with Crippen LogP contribution in [0.4, 0.5) is 0 Å². The topological polar surface area (TPSA) is 82.1 Å². The van der Waals surface area contributed by atoms with Gasteiger partial charge >= 0.3 is 11.9 Å². The van der Waals surface area contributed by atoms with Gasteiger partial charge in [-0.2, -0.15) is 0 Å². The largest absolute Gasteiger partial charge is 0.496 e. The molecular weight excluding hydrogens is 410 g/mol. The number of para-hydroxylation sites is 1. The molecule has 3 rings (SSSR count). The molecular formula is C25H25NO6. The van der Waals surface area contributed by atoms with E-state index >= 15 is 0 Å². The summed E-state index contributed by atoms with van der Waals surface area (Å²) < 4.78 is 16.0. The van der Waals surface area contributed by atoms with Crippen molar-refractivity contribution in [1.29, 1.82) is 0 Å². The number of amides is 1. The van der Waals surface area contributed by atoms with Gasteiger partial charge in [0.25, 0.3) is 5.91 Å². The van der Waals surface area contributed by atoms with Crippen LogP contribution in [0.5, 0.6) is 5.75 Å². The maximum Gasteiger partial charge on any atom is 0.336 e. The van der Waals surface area contributed by atoms with E-state index in [4.69, 9.17) is 14.2 Å². The minimum atomic E-state index is -0.830. The fourth-order valence-corrected chi connectivity index (χ4v) is 3.51. The van der Waals surface area contributed by atoms with Crippen molar-refractivity contribution < 1.29 is 28.6 Å². The summed E-state index contributed by atoms with van der Waals surface area (Å²) in [4.78, 5) is 40.3. The van der Waals surface area contributed by atoms with Crippen molar-refractivity contribution in [2.45, 2.75) is 19.8 Å². The predicted molar refractivity (Wildman–Crippen MR) is 118 cm³/mol. The van der Waals surface area contributed by atoms with E-state index < -0.39 is 23.8 Å². The number of rotatable bonds is 7. The monoisotopic (exact) mass is 435 g/mol. The number of hydrogen-bond acceptors (Lipinski definition) is 6. The van der Waals surface area contributed by atoms with Crippen molar-refractivity contribution >= 4 is 17.8 Å². The molecule has 0 atom stereocenters. The van der Waals surface area contributed by atoms with Gasteiger partial charge in [0.1, 0.15) is 5.75 Å². The van der Waals surface area contributed by atoms with E-state index in [9.17, 15) is 14.4 Å². The second-order valence-electron chi connectivity index (χ2n) is 6.86. The summed E-state index contributed by atoms with van der Waals surface area (Å²) in [5.74, 6) is -2.00. The lowest BCUT2D eigenvalue weighted by Gasteiger charge is -2.30. The van der Waals surface area contributed by atoms with Gasteiger partial charge in [-0.15, -0.1) is 0 Å². The Hall–Kier alpha value is -3.87. The van der Waals surface area contributed by atoms with Crippen LogP contribution >= 0.6 is 0 Å². The highest BCUT2D eigenvalue weighted by atomic mass is 16.5. The van der Waals surface area contributed by atoms with Gasteiger partial charge in [0, 0.05) is 23.5 Å². The van der Waals surface area contributed by atoms with Crippen molar-refractivity contribution in [2.75, 3.05) is 20.3 Å². The summed E-state index contributed by atoms with van der Waals surface area (Å²) in [5.41, 5.74) is 1.25. The number of hydrogen-bond donors (Lipinski definition) is 0. The summed E-state index contributed by atoms with van der Waals surface area (Å²) in [5, 5.41) is 0. The fraction of sp³-hybridized carbons (Fsp3) is 0.240. The molecule has 0 saturated heterocycles. The van der Waals surface area contributed by atoms with Crippen LogP contribution in [0.2, 0.25) is 0 Å². The van der Waals surface area contributed by atoms with Crippen LogP contribution < -0.4 is 4.74 Å². The first-order valence-electron chi connectivity index (χ1n) is 10.3. The van der Waals surface area contributed by atoms with Gasteiger partial charge in [0.2, 0.25) is 0 Å². The van der Waals surface area contributed by atoms with Crippen molar-refractivity contribution in [3.05, 3.63) is 89.3 Å². The van der Waals surface area contributed by atoms with Gasteiger partial charge in [-0.05, 0) is 32.0 Å². The first-order valence-corrected chi connectivity index (χ1v) is 10.3. The maximum atomic E-state index is 13.1. The Labute approximate surface area is 186 Å². The molecule has 0 bridgehead atoms. The second kappa shape index (κ2) is 10.4. The van der Waals surface area contributed by atoms with Crippen LogP contribution in [0.1, 0.15) is 35.7 Å². The number of methoxy groups -OCH3 is 1. The van der Waals surface area contributed by atoms with E-state index in [1.807, 2.05) is 0 Å². The van der Waals surface area contributed by atoms with Crippen molar-refractivity contribution in [3.63, 3.8) is 0 Å². The number of esters is 2. The van der Waals surface area contributed by atoms with Gasteiger partial charge in [-0.25, -0.2) is 9.59 Å². The van der Waals surface area contributed by atoms with E-state index in [1.165, 1.54) is 24.4 Å². The van der Waals surface area contributed by atoms with E-state index in [-0.39, 0.29) is 24.4 Å². The zero-order valence-electron chi connectivity index (χ0n) is 18.2. The average molecular weight is 435 g/mol. The fourth-order valence-electron chi connectivity index (χ4n) is 3.51. The molecule has 7 nitrogen and oxygen atoms in total. The molecule has 1 amide bonds. The van der Waals surface area contributed by atoms with E-state index in [0.29, 0.717) is 16.9 Å². The molecule has 0 N–H and O–H groups in total. The van der Waals surface area contributed by atoms with Gasteiger partial charge in [0.15, 0.2) is 0 Å². The van der Waals surface area contributed by atoms with Gasteiger partial charge in [0.05, 0.1) is 37.4 Å². The molecule has 0 fully saturated rings. The molecule has 166 valence electrons. The standard InChI is InChI=1S/C25H25NO6/c1-4-31-24(28)19-15-26(23(27)17-11-7-6-8-12-17)16-20(25(29)32-5-2)22(19)18-13-9-10-14-21(18)30-3/h6-16,22H,4-5H2,1-3H3. The normalized spacial score (nSPS) is 13.7. The molecule has 2 aromatic rings. The third-order valence-corrected chi connectivity index (χ3v) is 4.91. The molecule has 1 aliphatic heterocycles. The van der Waals surface area contributed by atoms with Crippen molar-refractivity contribution in [3.8, 4) is 5.75 Å². The second-order valence-corrected chi connectivity index (χ2v) is 6.86.